The molecule has 0 unspecified atom stereocenters. The number of benzene rings is 2. The van der Waals surface area contributed by atoms with Gasteiger partial charge in [0.25, 0.3) is 0 Å². The van der Waals surface area contributed by atoms with E-state index in [0.717, 1.165) is 25.7 Å². The second kappa shape index (κ2) is 14.4. The summed E-state index contributed by atoms with van der Waals surface area (Å²) >= 11 is 0. The first-order chi connectivity index (χ1) is 18.8. The average Bonchev–Trinajstić information content (AvgIpc) is 2.94. The molecule has 2 aromatic carbocycles. The summed E-state index contributed by atoms with van der Waals surface area (Å²) in [6.45, 7) is 0. The summed E-state index contributed by atoms with van der Waals surface area (Å²) in [5, 5.41) is 9.86. The van der Waals surface area contributed by atoms with E-state index < -0.39 is 93.4 Å². The summed E-state index contributed by atoms with van der Waals surface area (Å²) in [7, 11) is 0. The van der Waals surface area contributed by atoms with Gasteiger partial charge in [-0.05, 0) is 25.7 Å². The molecule has 4 rings (SSSR count). The fraction of sp³-hybridized carbons (Fsp3) is 0.423. The Morgan fingerprint density at radius 1 is 0.575 bits per heavy atom. The van der Waals surface area contributed by atoms with Crippen LogP contribution in [0.15, 0.2) is 0 Å². The van der Waals surface area contributed by atoms with Crippen molar-refractivity contribution in [2.24, 2.45) is 5.92 Å². The monoisotopic (exact) mass is 588 g/mol. The molecule has 0 aromatic heterocycles. The molecule has 0 aliphatic heterocycles. The van der Waals surface area contributed by atoms with Gasteiger partial charge in [-0.1, -0.05) is 12.8 Å². The largest absolute Gasteiger partial charge is 0.387 e. The zero-order valence-electron chi connectivity index (χ0n) is 20.5. The summed E-state index contributed by atoms with van der Waals surface area (Å²) in [5.41, 5.74) is -2.79. The molecule has 2 fully saturated rings. The minimum atomic E-state index is -2.29. The maximum atomic E-state index is 13.5. The van der Waals surface area contributed by atoms with Crippen molar-refractivity contribution in [3.8, 4) is 0 Å². The number of halogens is 10. The van der Waals surface area contributed by atoms with Crippen molar-refractivity contribution in [2.75, 3.05) is 0 Å². The van der Waals surface area contributed by atoms with Gasteiger partial charge in [0.15, 0.2) is 52.8 Å². The fourth-order valence-electron chi connectivity index (χ4n) is 4.10. The number of aliphatic hydroxyl groups is 1. The smallest absolute Gasteiger partial charge is 0.200 e. The van der Waals surface area contributed by atoms with Crippen molar-refractivity contribution < 1.29 is 63.4 Å². The Labute approximate surface area is 221 Å². The van der Waals surface area contributed by atoms with Gasteiger partial charge in [0, 0.05) is 25.2 Å². The highest BCUT2D eigenvalue weighted by Crippen LogP contribution is 2.36. The summed E-state index contributed by atoms with van der Waals surface area (Å²) in [6.07, 6.45) is 4.17. The molecule has 0 saturated heterocycles. The molecule has 0 bridgehead atoms. The van der Waals surface area contributed by atoms with Gasteiger partial charge in [-0.25, -0.2) is 43.9 Å². The summed E-state index contributed by atoms with van der Waals surface area (Å²) in [4.78, 5) is 32.0. The minimum Gasteiger partial charge on any atom is -0.387 e. The van der Waals surface area contributed by atoms with E-state index in [1.54, 1.807) is 0 Å². The lowest BCUT2D eigenvalue weighted by atomic mass is 9.81. The molecule has 0 spiro atoms. The second-order valence-electron chi connectivity index (χ2n) is 8.95. The van der Waals surface area contributed by atoms with Gasteiger partial charge >= 0.3 is 0 Å². The quantitative estimate of drug-likeness (QED) is 0.184. The van der Waals surface area contributed by atoms with E-state index in [0.29, 0.717) is 18.6 Å². The van der Waals surface area contributed by atoms with Gasteiger partial charge in [-0.15, -0.1) is 0 Å². The maximum Gasteiger partial charge on any atom is 0.200 e. The van der Waals surface area contributed by atoms with Gasteiger partial charge in [0.05, 0.1) is 17.2 Å². The van der Waals surface area contributed by atoms with Crippen LogP contribution in [0.4, 0.5) is 43.9 Å². The van der Waals surface area contributed by atoms with Gasteiger partial charge in [0.1, 0.15) is 11.6 Å². The number of aldehydes is 1. The lowest BCUT2D eigenvalue weighted by Gasteiger charge is -2.26. The van der Waals surface area contributed by atoms with Crippen LogP contribution in [-0.2, 0) is 9.59 Å². The Morgan fingerprint density at radius 3 is 1.35 bits per heavy atom. The highest BCUT2D eigenvalue weighted by atomic mass is 19.2. The number of carbonyl (C=O) groups is 3. The van der Waals surface area contributed by atoms with E-state index in [2.05, 4.69) is 0 Å². The van der Waals surface area contributed by atoms with Gasteiger partial charge in [-0.2, -0.15) is 0 Å². The van der Waals surface area contributed by atoms with E-state index in [9.17, 15) is 63.4 Å². The molecule has 2 aliphatic carbocycles. The lowest BCUT2D eigenvalue weighted by molar-refractivity contribution is -0.128. The van der Waals surface area contributed by atoms with Crippen LogP contribution >= 0.6 is 0 Å². The predicted molar refractivity (Wildman–Crippen MR) is 118 cm³/mol. The second-order valence-corrected chi connectivity index (χ2v) is 8.95. The van der Waals surface area contributed by atoms with Crippen molar-refractivity contribution in [1.29, 1.82) is 0 Å². The van der Waals surface area contributed by atoms with Crippen LogP contribution < -0.4 is 0 Å². The number of ketones is 2. The Hall–Kier alpha value is -3.29. The molecule has 0 amide bonds. The van der Waals surface area contributed by atoms with Gasteiger partial charge in [0.2, 0.25) is 11.6 Å². The van der Waals surface area contributed by atoms with Crippen LogP contribution in [0.3, 0.4) is 0 Å². The Morgan fingerprint density at radius 2 is 0.975 bits per heavy atom. The minimum absolute atomic E-state index is 0.122. The van der Waals surface area contributed by atoms with Crippen LogP contribution in [0.25, 0.3) is 0 Å². The standard InChI is InChI=1S/C13H11F5O2.C7HF5O.C6H10O/c14-8-7(9(15)11(17)12(18)10(8)16)13(20)5-3-1-2-4-6(5)19;8-3-2(1-13)4(9)6(11)7(12)5(3)10;7-6-4-2-1-3-5-6/h5,13,20H,1-4H2;1H;1-5H2/t5-,13-;;/m1../s1. The van der Waals surface area contributed by atoms with Gasteiger partial charge in [-0.3, -0.25) is 14.4 Å². The summed E-state index contributed by atoms with van der Waals surface area (Å²) in [5.74, 6) is -22.6. The third-order valence-corrected chi connectivity index (χ3v) is 6.30. The molecule has 1 N–H and O–H groups in total. The van der Waals surface area contributed by atoms with Crippen LogP contribution in [0.2, 0.25) is 0 Å². The molecule has 2 saturated carbocycles. The van der Waals surface area contributed by atoms with Crippen molar-refractivity contribution in [2.45, 2.75) is 63.9 Å². The van der Waals surface area contributed by atoms with Crippen molar-refractivity contribution in [3.63, 3.8) is 0 Å². The number of rotatable bonds is 3. The van der Waals surface area contributed by atoms with Crippen molar-refractivity contribution >= 4 is 17.9 Å². The van der Waals surface area contributed by atoms with Crippen molar-refractivity contribution in [3.05, 3.63) is 69.3 Å². The molecule has 2 aromatic rings. The highest BCUT2D eigenvalue weighted by Gasteiger charge is 2.37. The number of aliphatic hydroxyl groups excluding tert-OH is 1. The number of hydrogen-bond donors (Lipinski definition) is 1. The van der Waals surface area contributed by atoms with E-state index >= 15 is 0 Å². The third-order valence-electron chi connectivity index (χ3n) is 6.30. The molecule has 4 nitrogen and oxygen atoms in total. The number of Topliss-reactive ketones (excluding diaryl/α,β-unsaturated/α-hetero) is 2. The third kappa shape index (κ3) is 7.26. The Bertz CT molecular complexity index is 1220. The summed E-state index contributed by atoms with van der Waals surface area (Å²) in [6, 6.07) is 0. The fourth-order valence-corrected chi connectivity index (χ4v) is 4.10. The van der Waals surface area contributed by atoms with E-state index in [4.69, 9.17) is 0 Å². The van der Waals surface area contributed by atoms with E-state index in [1.807, 2.05) is 0 Å². The van der Waals surface area contributed by atoms with E-state index in [1.165, 1.54) is 6.42 Å². The lowest BCUT2D eigenvalue weighted by Crippen LogP contribution is -2.27. The molecule has 2 aliphatic rings. The van der Waals surface area contributed by atoms with E-state index in [-0.39, 0.29) is 12.8 Å². The maximum absolute atomic E-state index is 13.5. The SMILES string of the molecule is O=C1CCCCC1.O=C1CCCC[C@H]1[C@@H](O)c1c(F)c(F)c(F)c(F)c1F.O=Cc1c(F)c(F)c(F)c(F)c1F. The first kappa shape index (κ1) is 32.9. The molecule has 0 heterocycles. The molecule has 220 valence electrons. The molecular formula is C26H22F10O4. The van der Waals surface area contributed by atoms with Gasteiger partial charge < -0.3 is 5.11 Å². The molecule has 0 radical (unpaired) electrons. The zero-order chi connectivity index (χ0) is 30.3. The molecule has 14 heteroatoms. The van der Waals surface area contributed by atoms with Crippen LogP contribution in [-0.4, -0.2) is 23.0 Å². The Balaban J connectivity index is 0.000000238. The van der Waals surface area contributed by atoms with Crippen LogP contribution in [0, 0.1) is 64.1 Å². The van der Waals surface area contributed by atoms with Crippen molar-refractivity contribution in [1.82, 2.24) is 0 Å². The molecular weight excluding hydrogens is 566 g/mol. The number of hydrogen-bond acceptors (Lipinski definition) is 4. The Kier molecular flexibility index (Phi) is 11.8. The van der Waals surface area contributed by atoms with Crippen LogP contribution in [0.5, 0.6) is 0 Å². The average molecular weight is 588 g/mol. The molecule has 2 atom stereocenters. The topological polar surface area (TPSA) is 71.4 Å². The molecule has 40 heavy (non-hydrogen) atoms. The van der Waals surface area contributed by atoms with Crippen LogP contribution in [0.1, 0.15) is 79.8 Å². The zero-order valence-corrected chi connectivity index (χ0v) is 20.5. The summed E-state index contributed by atoms with van der Waals surface area (Å²) < 4.78 is 128. The predicted octanol–water partition coefficient (Wildman–Crippen LogP) is 6.89. The number of carbonyl (C=O) groups excluding carboxylic acids is 3. The first-order valence-electron chi connectivity index (χ1n) is 12.0. The highest BCUT2D eigenvalue weighted by molar-refractivity contribution is 5.82. The first-order valence-corrected chi connectivity index (χ1v) is 12.0. The normalized spacial score (nSPS) is 17.8.